The first-order valence-electron chi connectivity index (χ1n) is 11.4. The molecule has 1 fully saturated rings. The third kappa shape index (κ3) is 3.91. The smallest absolute Gasteiger partial charge is 0.305 e. The lowest BCUT2D eigenvalue weighted by molar-refractivity contribution is -0.685. The van der Waals surface area contributed by atoms with Crippen LogP contribution >= 0.6 is 0 Å². The molecule has 2 aromatic rings. The molecule has 0 unspecified atom stereocenters. The number of nitrogen functional groups attached to an aromatic ring is 1. The van der Waals surface area contributed by atoms with Gasteiger partial charge in [-0.25, -0.2) is 4.57 Å². The topological polar surface area (TPSA) is 81.6 Å². The predicted octanol–water partition coefficient (Wildman–Crippen LogP) is 2.45. The van der Waals surface area contributed by atoms with Gasteiger partial charge in [-0.15, -0.1) is 0 Å². The molecule has 0 bridgehead atoms. The molecule has 7 nitrogen and oxygen atoms in total. The molecule has 1 aliphatic carbocycles. The van der Waals surface area contributed by atoms with E-state index >= 15 is 0 Å². The van der Waals surface area contributed by atoms with E-state index in [0.29, 0.717) is 24.5 Å². The number of rotatable bonds is 4. The lowest BCUT2D eigenvalue weighted by Crippen LogP contribution is -2.47. The number of nitrogens with zero attached hydrogens (tertiary/aromatic N) is 3. The summed E-state index contributed by atoms with van der Waals surface area (Å²) in [6.45, 7) is 9.19. The SMILES string of the molecule is CC1(C)CC(=O)C2=C(C1)Oc1nc[n+](CCN3CCOCC3)c(N)c1[C@H]2c1ccccc1. The molecule has 1 saturated heterocycles. The minimum Gasteiger partial charge on any atom is -0.430 e. The van der Waals surface area contributed by atoms with Crippen LogP contribution in [0.2, 0.25) is 0 Å². The Morgan fingerprint density at radius 1 is 1.19 bits per heavy atom. The Labute approximate surface area is 188 Å². The van der Waals surface area contributed by atoms with Gasteiger partial charge in [-0.2, -0.15) is 0 Å². The molecule has 0 radical (unpaired) electrons. The summed E-state index contributed by atoms with van der Waals surface area (Å²) in [5.41, 5.74) is 9.18. The van der Waals surface area contributed by atoms with Gasteiger partial charge in [0.05, 0.1) is 25.7 Å². The van der Waals surface area contributed by atoms with E-state index in [0.717, 1.165) is 61.9 Å². The number of hydrogen-bond acceptors (Lipinski definition) is 6. The molecule has 2 N–H and O–H groups in total. The Bertz CT molecular complexity index is 1060. The molecule has 0 spiro atoms. The van der Waals surface area contributed by atoms with Crippen molar-refractivity contribution in [1.82, 2.24) is 9.88 Å². The number of anilines is 1. The fourth-order valence-electron chi connectivity index (χ4n) is 5.05. The number of carbonyl (C=O) groups is 1. The normalized spacial score (nSPS) is 22.8. The van der Waals surface area contributed by atoms with Gasteiger partial charge in [0, 0.05) is 38.0 Å². The monoisotopic (exact) mass is 435 g/mol. The van der Waals surface area contributed by atoms with Gasteiger partial charge < -0.3 is 15.2 Å². The average Bonchev–Trinajstić information content (AvgIpc) is 2.78. The standard InChI is InChI=1S/C25H30N4O3/c1-25(2)14-18(30)21-19(15-25)32-24-22(20(21)17-6-4-3-5-7-17)23(26)29(16-27-24)9-8-28-10-12-31-13-11-28/h3-7,16,20,26H,8-15H2,1-2H3/p+1/t20-/m0/s1. The van der Waals surface area contributed by atoms with Crippen LogP contribution in [0.15, 0.2) is 48.0 Å². The molecule has 7 heteroatoms. The van der Waals surface area contributed by atoms with Crippen LogP contribution in [0.4, 0.5) is 5.82 Å². The summed E-state index contributed by atoms with van der Waals surface area (Å²) in [4.78, 5) is 20.4. The molecule has 2 aliphatic heterocycles. The van der Waals surface area contributed by atoms with Gasteiger partial charge in [-0.05, 0) is 11.0 Å². The third-order valence-electron chi connectivity index (χ3n) is 6.70. The van der Waals surface area contributed by atoms with Crippen LogP contribution < -0.4 is 15.0 Å². The van der Waals surface area contributed by atoms with Gasteiger partial charge >= 0.3 is 5.88 Å². The molecule has 3 aliphatic rings. The van der Waals surface area contributed by atoms with Gasteiger partial charge in [-0.3, -0.25) is 9.69 Å². The Balaban J connectivity index is 1.55. The molecule has 5 rings (SSSR count). The molecule has 0 saturated carbocycles. The van der Waals surface area contributed by atoms with E-state index in [1.54, 1.807) is 6.33 Å². The van der Waals surface area contributed by atoms with E-state index in [9.17, 15) is 4.79 Å². The lowest BCUT2D eigenvalue weighted by atomic mass is 9.70. The second-order valence-corrected chi connectivity index (χ2v) is 9.72. The Morgan fingerprint density at radius 3 is 2.69 bits per heavy atom. The second-order valence-electron chi connectivity index (χ2n) is 9.72. The minimum absolute atomic E-state index is 0.132. The van der Waals surface area contributed by atoms with E-state index < -0.39 is 0 Å². The summed E-state index contributed by atoms with van der Waals surface area (Å²) in [7, 11) is 0. The fraction of sp³-hybridized carbons (Fsp3) is 0.480. The molecule has 3 heterocycles. The van der Waals surface area contributed by atoms with Crippen molar-refractivity contribution in [3.8, 4) is 5.88 Å². The summed E-state index contributed by atoms with van der Waals surface area (Å²) >= 11 is 0. The minimum atomic E-state index is -0.262. The Hall–Kier alpha value is -2.77. The van der Waals surface area contributed by atoms with Gasteiger partial charge in [0.15, 0.2) is 5.78 Å². The van der Waals surface area contributed by atoms with E-state index in [1.165, 1.54) is 0 Å². The summed E-state index contributed by atoms with van der Waals surface area (Å²) in [6.07, 6.45) is 2.98. The zero-order chi connectivity index (χ0) is 22.3. The zero-order valence-electron chi connectivity index (χ0n) is 18.8. The lowest BCUT2D eigenvalue weighted by Gasteiger charge is -2.37. The Kier molecular flexibility index (Phi) is 5.47. The average molecular weight is 436 g/mol. The number of aromatic nitrogens is 2. The first-order valence-corrected chi connectivity index (χ1v) is 11.4. The van der Waals surface area contributed by atoms with Gasteiger partial charge in [0.1, 0.15) is 11.3 Å². The number of ether oxygens (including phenoxy) is 2. The molecule has 1 aromatic carbocycles. The van der Waals surface area contributed by atoms with E-state index in [-0.39, 0.29) is 17.1 Å². The highest BCUT2D eigenvalue weighted by atomic mass is 16.5. The maximum absolute atomic E-state index is 13.3. The summed E-state index contributed by atoms with van der Waals surface area (Å²) in [5, 5.41) is 0. The second kappa shape index (κ2) is 8.30. The van der Waals surface area contributed by atoms with Crippen molar-refractivity contribution < 1.29 is 18.8 Å². The van der Waals surface area contributed by atoms with Crippen LogP contribution in [-0.2, 0) is 16.1 Å². The molecule has 32 heavy (non-hydrogen) atoms. The summed E-state index contributed by atoms with van der Waals surface area (Å²) < 4.78 is 13.7. The van der Waals surface area contributed by atoms with Crippen LogP contribution in [0, 0.1) is 5.41 Å². The molecular formula is C25H31N4O3+. The van der Waals surface area contributed by atoms with Gasteiger partial charge in [0.25, 0.3) is 0 Å². The van der Waals surface area contributed by atoms with Crippen molar-refractivity contribution in [3.63, 3.8) is 0 Å². The van der Waals surface area contributed by atoms with Crippen LogP contribution in [-0.4, -0.2) is 48.5 Å². The fourth-order valence-corrected chi connectivity index (χ4v) is 5.05. The highest BCUT2D eigenvalue weighted by Crippen LogP contribution is 2.50. The Morgan fingerprint density at radius 2 is 1.94 bits per heavy atom. The first-order chi connectivity index (χ1) is 15.4. The van der Waals surface area contributed by atoms with Crippen molar-refractivity contribution >= 4 is 11.6 Å². The number of allylic oxidation sites excluding steroid dienone is 2. The molecule has 0 amide bonds. The van der Waals surface area contributed by atoms with Crippen molar-refractivity contribution in [1.29, 1.82) is 0 Å². The number of benzene rings is 1. The van der Waals surface area contributed by atoms with Crippen LogP contribution in [0.5, 0.6) is 5.88 Å². The van der Waals surface area contributed by atoms with Gasteiger partial charge in [0.2, 0.25) is 12.1 Å². The number of morpholine rings is 1. The van der Waals surface area contributed by atoms with Crippen LogP contribution in [0.3, 0.4) is 0 Å². The van der Waals surface area contributed by atoms with Crippen molar-refractivity contribution in [2.75, 3.05) is 38.6 Å². The van der Waals surface area contributed by atoms with Crippen LogP contribution in [0.25, 0.3) is 0 Å². The van der Waals surface area contributed by atoms with Crippen molar-refractivity contribution in [2.45, 2.75) is 39.2 Å². The highest BCUT2D eigenvalue weighted by Gasteiger charge is 2.45. The third-order valence-corrected chi connectivity index (χ3v) is 6.70. The molecule has 1 atom stereocenters. The molecular weight excluding hydrogens is 404 g/mol. The maximum atomic E-state index is 13.3. The van der Waals surface area contributed by atoms with E-state index in [1.807, 2.05) is 22.8 Å². The van der Waals surface area contributed by atoms with Crippen molar-refractivity contribution in [3.05, 3.63) is 59.1 Å². The number of carbonyl (C=O) groups excluding carboxylic acids is 1. The highest BCUT2D eigenvalue weighted by molar-refractivity contribution is 6.00. The zero-order valence-corrected chi connectivity index (χ0v) is 18.8. The number of Topliss-reactive ketones (excluding diaryl/α,β-unsaturated/α-hetero) is 1. The number of ketones is 1. The van der Waals surface area contributed by atoms with Crippen LogP contribution in [0.1, 0.15) is 43.7 Å². The largest absolute Gasteiger partial charge is 0.430 e. The number of hydrogen-bond donors (Lipinski definition) is 1. The number of nitrogens with two attached hydrogens (primary N) is 1. The van der Waals surface area contributed by atoms with E-state index in [2.05, 4.69) is 35.9 Å². The predicted molar refractivity (Wildman–Crippen MR) is 120 cm³/mol. The quantitative estimate of drug-likeness (QED) is 0.743. The molecule has 1 aromatic heterocycles. The number of fused-ring (bicyclic) bond motifs is 1. The van der Waals surface area contributed by atoms with Crippen molar-refractivity contribution in [2.24, 2.45) is 5.41 Å². The first kappa shape index (κ1) is 21.1. The summed E-state index contributed by atoms with van der Waals surface area (Å²) in [5.74, 6) is 1.75. The summed E-state index contributed by atoms with van der Waals surface area (Å²) in [6, 6.07) is 10.1. The molecule has 168 valence electrons. The van der Waals surface area contributed by atoms with Gasteiger partial charge in [-0.1, -0.05) is 49.2 Å². The maximum Gasteiger partial charge on any atom is 0.305 e. The van der Waals surface area contributed by atoms with E-state index in [4.69, 9.17) is 15.2 Å².